The molecule has 3 aliphatic carbocycles. The lowest BCUT2D eigenvalue weighted by Gasteiger charge is -2.49. The summed E-state index contributed by atoms with van der Waals surface area (Å²) in [5, 5.41) is 30.2. The highest BCUT2D eigenvalue weighted by molar-refractivity contribution is 5.40. The summed E-state index contributed by atoms with van der Waals surface area (Å²) in [4.78, 5) is 0. The third kappa shape index (κ3) is 1.80. The van der Waals surface area contributed by atoms with Gasteiger partial charge in [0, 0.05) is 0 Å². The second-order valence-electron chi connectivity index (χ2n) is 7.59. The molecule has 3 heteroatoms. The largest absolute Gasteiger partial charge is 0.508 e. The summed E-state index contributed by atoms with van der Waals surface area (Å²) in [6.07, 6.45) is 3.80. The number of aliphatic hydroxyl groups excluding tert-OH is 2. The van der Waals surface area contributed by atoms with Crippen LogP contribution in [0.3, 0.4) is 0 Å². The summed E-state index contributed by atoms with van der Waals surface area (Å²) in [6.45, 7) is 2.17. The average Bonchev–Trinajstić information content (AvgIpc) is 2.70. The molecule has 0 radical (unpaired) electrons. The molecule has 0 bridgehead atoms. The van der Waals surface area contributed by atoms with Crippen molar-refractivity contribution in [1.82, 2.24) is 0 Å². The van der Waals surface area contributed by atoms with Gasteiger partial charge >= 0.3 is 0 Å². The Bertz CT molecular complexity index is 570. The molecule has 1 aromatic rings. The summed E-state index contributed by atoms with van der Waals surface area (Å²) in [5.74, 6) is 1.88. The van der Waals surface area contributed by atoms with E-state index in [4.69, 9.17) is 0 Å². The van der Waals surface area contributed by atoms with Gasteiger partial charge in [0.05, 0.1) is 12.2 Å². The van der Waals surface area contributed by atoms with Crippen LogP contribution in [0.15, 0.2) is 18.2 Å². The van der Waals surface area contributed by atoms with E-state index in [9.17, 15) is 15.3 Å². The van der Waals surface area contributed by atoms with Crippen molar-refractivity contribution in [2.75, 3.05) is 0 Å². The Hall–Kier alpha value is -1.06. The molecular weight excluding hydrogens is 264 g/mol. The van der Waals surface area contributed by atoms with Gasteiger partial charge in [-0.1, -0.05) is 13.0 Å². The summed E-state index contributed by atoms with van der Waals surface area (Å²) in [7, 11) is 0. The molecular formula is C18H24O3. The van der Waals surface area contributed by atoms with Crippen LogP contribution in [0, 0.1) is 17.3 Å². The number of hydrogen-bond donors (Lipinski definition) is 3. The minimum absolute atomic E-state index is 0.116. The number of rotatable bonds is 0. The van der Waals surface area contributed by atoms with E-state index >= 15 is 0 Å². The Morgan fingerprint density at radius 1 is 1.19 bits per heavy atom. The molecule has 4 rings (SSSR count). The highest BCUT2D eigenvalue weighted by atomic mass is 16.3. The van der Waals surface area contributed by atoms with Gasteiger partial charge in [0.25, 0.3) is 0 Å². The standard InChI is InChI=1S/C18H24O3/c1-18-7-6-13-12-5-3-11(19)8-10(12)2-4-14(13)15(18)9-16(20)17(18)21/h3,5,8,13-17,19-21H,2,4,6-7,9H2,1H3/t13?,14?,15?,16-,17-,18-/m0/s1. The Labute approximate surface area is 125 Å². The number of benzene rings is 1. The quantitative estimate of drug-likeness (QED) is 0.687. The highest BCUT2D eigenvalue weighted by Crippen LogP contribution is 2.60. The molecule has 0 saturated heterocycles. The second-order valence-corrected chi connectivity index (χ2v) is 7.59. The number of aliphatic hydroxyl groups is 2. The minimum Gasteiger partial charge on any atom is -0.508 e. The van der Waals surface area contributed by atoms with Gasteiger partial charge in [0.15, 0.2) is 0 Å². The van der Waals surface area contributed by atoms with Gasteiger partial charge < -0.3 is 15.3 Å². The first-order chi connectivity index (χ1) is 10.0. The predicted octanol–water partition coefficient (Wildman–Crippen LogP) is 2.58. The smallest absolute Gasteiger partial charge is 0.115 e. The van der Waals surface area contributed by atoms with Crippen LogP contribution in [0.25, 0.3) is 0 Å². The van der Waals surface area contributed by atoms with Gasteiger partial charge in [-0.2, -0.15) is 0 Å². The maximum Gasteiger partial charge on any atom is 0.115 e. The van der Waals surface area contributed by atoms with Crippen molar-refractivity contribution in [2.45, 2.75) is 57.2 Å². The first kappa shape index (κ1) is 13.6. The Morgan fingerprint density at radius 2 is 2.00 bits per heavy atom. The molecule has 3 nitrogen and oxygen atoms in total. The average molecular weight is 288 g/mol. The van der Waals surface area contributed by atoms with Crippen molar-refractivity contribution in [1.29, 1.82) is 0 Å². The van der Waals surface area contributed by atoms with Gasteiger partial charge in [0.1, 0.15) is 5.75 Å². The van der Waals surface area contributed by atoms with E-state index in [1.54, 1.807) is 6.07 Å². The fourth-order valence-corrected chi connectivity index (χ4v) is 5.56. The van der Waals surface area contributed by atoms with E-state index < -0.39 is 12.2 Å². The Balaban J connectivity index is 1.71. The summed E-state index contributed by atoms with van der Waals surface area (Å²) in [6, 6.07) is 5.80. The van der Waals surface area contributed by atoms with Gasteiger partial charge in [-0.3, -0.25) is 0 Å². The van der Waals surface area contributed by atoms with E-state index in [0.29, 0.717) is 23.5 Å². The topological polar surface area (TPSA) is 60.7 Å². The van der Waals surface area contributed by atoms with Crippen molar-refractivity contribution in [3.05, 3.63) is 29.3 Å². The number of fused-ring (bicyclic) bond motifs is 5. The Morgan fingerprint density at radius 3 is 2.81 bits per heavy atom. The molecule has 3 unspecified atom stereocenters. The molecule has 2 saturated carbocycles. The monoisotopic (exact) mass is 288 g/mol. The van der Waals surface area contributed by atoms with E-state index in [1.165, 1.54) is 11.1 Å². The summed E-state index contributed by atoms with van der Waals surface area (Å²) in [5.41, 5.74) is 2.57. The number of aryl methyl sites for hydroxylation is 1. The van der Waals surface area contributed by atoms with E-state index in [-0.39, 0.29) is 5.41 Å². The molecule has 2 fully saturated rings. The molecule has 0 aliphatic heterocycles. The van der Waals surface area contributed by atoms with Crippen LogP contribution < -0.4 is 0 Å². The molecule has 1 aromatic carbocycles. The van der Waals surface area contributed by atoms with Gasteiger partial charge in [0.2, 0.25) is 0 Å². The fourth-order valence-electron chi connectivity index (χ4n) is 5.56. The summed E-state index contributed by atoms with van der Waals surface area (Å²) < 4.78 is 0. The molecule has 0 aromatic heterocycles. The van der Waals surface area contributed by atoms with Crippen molar-refractivity contribution in [3.8, 4) is 5.75 Å². The van der Waals surface area contributed by atoms with Crippen LogP contribution in [0.1, 0.15) is 49.7 Å². The van der Waals surface area contributed by atoms with Crippen molar-refractivity contribution >= 4 is 0 Å². The van der Waals surface area contributed by atoms with Crippen molar-refractivity contribution in [2.24, 2.45) is 17.3 Å². The molecule has 0 amide bonds. The van der Waals surface area contributed by atoms with Crippen molar-refractivity contribution < 1.29 is 15.3 Å². The van der Waals surface area contributed by atoms with Crippen LogP contribution in [0.2, 0.25) is 0 Å². The van der Waals surface area contributed by atoms with Gasteiger partial charge in [-0.15, -0.1) is 0 Å². The lowest BCUT2D eigenvalue weighted by Crippen LogP contribution is -2.44. The lowest BCUT2D eigenvalue weighted by atomic mass is 9.55. The first-order valence-corrected chi connectivity index (χ1v) is 8.18. The maximum atomic E-state index is 10.4. The first-order valence-electron chi connectivity index (χ1n) is 8.18. The third-order valence-corrected chi connectivity index (χ3v) is 6.68. The van der Waals surface area contributed by atoms with E-state index in [0.717, 1.165) is 32.1 Å². The molecule has 3 N–H and O–H groups in total. The number of phenols is 1. The molecule has 21 heavy (non-hydrogen) atoms. The predicted molar refractivity (Wildman–Crippen MR) is 80.1 cm³/mol. The van der Waals surface area contributed by atoms with E-state index in [2.05, 4.69) is 13.0 Å². The molecule has 114 valence electrons. The third-order valence-electron chi connectivity index (χ3n) is 6.68. The van der Waals surface area contributed by atoms with Crippen LogP contribution in [0.5, 0.6) is 5.75 Å². The molecule has 0 heterocycles. The normalized spacial score (nSPS) is 44.8. The zero-order valence-corrected chi connectivity index (χ0v) is 12.5. The SMILES string of the molecule is C[C@]12CCC3c4ccc(O)cc4CCC3C1C[C@H](O)[C@@H]2O. The van der Waals surface area contributed by atoms with Crippen molar-refractivity contribution in [3.63, 3.8) is 0 Å². The number of hydrogen-bond acceptors (Lipinski definition) is 3. The van der Waals surface area contributed by atoms with Crippen LogP contribution in [-0.4, -0.2) is 27.5 Å². The minimum atomic E-state index is -0.565. The molecule has 0 spiro atoms. The zero-order chi connectivity index (χ0) is 14.8. The van der Waals surface area contributed by atoms with Crippen LogP contribution in [0.4, 0.5) is 0 Å². The maximum absolute atomic E-state index is 10.4. The zero-order valence-electron chi connectivity index (χ0n) is 12.5. The highest BCUT2D eigenvalue weighted by Gasteiger charge is 2.57. The molecule has 6 atom stereocenters. The van der Waals surface area contributed by atoms with E-state index in [1.807, 2.05) is 6.07 Å². The fraction of sp³-hybridized carbons (Fsp3) is 0.667. The number of aromatic hydroxyl groups is 1. The van der Waals surface area contributed by atoms with Gasteiger partial charge in [-0.25, -0.2) is 0 Å². The Kier molecular flexibility index (Phi) is 2.89. The lowest BCUT2D eigenvalue weighted by molar-refractivity contribution is -0.0505. The van der Waals surface area contributed by atoms with Crippen LogP contribution >= 0.6 is 0 Å². The summed E-state index contributed by atoms with van der Waals surface area (Å²) >= 11 is 0. The van der Waals surface area contributed by atoms with Gasteiger partial charge in [-0.05, 0) is 78.5 Å². The molecule has 3 aliphatic rings. The number of phenolic OH excluding ortho intramolecular Hbond substituents is 1. The second kappa shape index (κ2) is 4.47. The van der Waals surface area contributed by atoms with Crippen LogP contribution in [-0.2, 0) is 6.42 Å².